The summed E-state index contributed by atoms with van der Waals surface area (Å²) in [5.41, 5.74) is 1.54. The van der Waals surface area contributed by atoms with Crippen molar-refractivity contribution in [1.29, 1.82) is 5.41 Å². The molecule has 0 saturated carbocycles. The molecule has 1 aliphatic rings. The minimum atomic E-state index is -0.385. The van der Waals surface area contributed by atoms with Gasteiger partial charge in [-0.2, -0.15) is 0 Å². The van der Waals surface area contributed by atoms with Gasteiger partial charge < -0.3 is 15.4 Å². The average Bonchev–Trinajstić information content (AvgIpc) is 3.19. The van der Waals surface area contributed by atoms with Crippen molar-refractivity contribution in [3.63, 3.8) is 0 Å². The summed E-state index contributed by atoms with van der Waals surface area (Å²) >= 11 is 0. The zero-order valence-corrected chi connectivity index (χ0v) is 15.9. The van der Waals surface area contributed by atoms with Gasteiger partial charge in [-0.15, -0.1) is 0 Å². The van der Waals surface area contributed by atoms with Gasteiger partial charge in [0.2, 0.25) is 0 Å². The maximum atomic E-state index is 13.0. The molecular formula is C23H24N2O3. The van der Waals surface area contributed by atoms with E-state index in [1.54, 1.807) is 35.2 Å². The number of hydrogen-bond acceptors (Lipinski definition) is 4. The molecule has 1 heterocycles. The van der Waals surface area contributed by atoms with Crippen LogP contribution in [0, 0.1) is 5.41 Å². The Kier molecular flexibility index (Phi) is 6.04. The summed E-state index contributed by atoms with van der Waals surface area (Å²) in [7, 11) is 0. The number of Topliss-reactive ketones (excluding diaryl/α,β-unsaturated/α-hetero) is 1. The van der Waals surface area contributed by atoms with Gasteiger partial charge in [0.05, 0.1) is 12.0 Å². The first kappa shape index (κ1) is 19.5. The van der Waals surface area contributed by atoms with E-state index in [1.165, 1.54) is 12.5 Å². The zero-order chi connectivity index (χ0) is 20.1. The fourth-order valence-corrected chi connectivity index (χ4v) is 3.57. The number of carbonyl (C=O) groups is 2. The third-order valence-electron chi connectivity index (χ3n) is 5.05. The van der Waals surface area contributed by atoms with Crippen molar-refractivity contribution in [3.05, 3.63) is 83.1 Å². The van der Waals surface area contributed by atoms with E-state index in [0.29, 0.717) is 18.7 Å². The predicted molar refractivity (Wildman–Crippen MR) is 109 cm³/mol. The molecule has 2 aromatic rings. The fourth-order valence-electron chi connectivity index (χ4n) is 3.57. The molecule has 5 nitrogen and oxygen atoms in total. The molecule has 0 bridgehead atoms. The molecule has 1 atom stereocenters. The third kappa shape index (κ3) is 4.36. The summed E-state index contributed by atoms with van der Waals surface area (Å²) in [4.78, 5) is 27.0. The third-order valence-corrected chi connectivity index (χ3v) is 5.05. The maximum Gasteiger partial charge on any atom is 0.259 e. The van der Waals surface area contributed by atoms with Crippen molar-refractivity contribution in [2.24, 2.45) is 0 Å². The Hall–Kier alpha value is -3.21. The van der Waals surface area contributed by atoms with Gasteiger partial charge >= 0.3 is 0 Å². The normalized spacial score (nSPS) is 17.2. The Balaban J connectivity index is 1.76. The first-order valence-electron chi connectivity index (χ1n) is 9.37. The van der Waals surface area contributed by atoms with Crippen LogP contribution in [0.25, 0.3) is 0 Å². The van der Waals surface area contributed by atoms with E-state index in [9.17, 15) is 14.7 Å². The number of aliphatic hydroxyl groups excluding tert-OH is 1. The molecule has 1 unspecified atom stereocenters. The van der Waals surface area contributed by atoms with Crippen LogP contribution >= 0.6 is 0 Å². The molecule has 1 amide bonds. The monoisotopic (exact) mass is 376 g/mol. The summed E-state index contributed by atoms with van der Waals surface area (Å²) < 4.78 is 0. The lowest BCUT2D eigenvalue weighted by Crippen LogP contribution is -2.32. The SMILES string of the molecule is CC(=N)/C(C(=O)N1CCC(c2ccccc2)C1)=C(\O)CC(=O)c1ccccc1. The number of rotatable bonds is 6. The largest absolute Gasteiger partial charge is 0.511 e. The number of nitrogens with zero attached hydrogens (tertiary/aromatic N) is 1. The summed E-state index contributed by atoms with van der Waals surface area (Å²) in [6.45, 7) is 2.57. The first-order valence-corrected chi connectivity index (χ1v) is 9.37. The van der Waals surface area contributed by atoms with Crippen LogP contribution in [0.5, 0.6) is 0 Å². The van der Waals surface area contributed by atoms with Crippen molar-refractivity contribution in [1.82, 2.24) is 4.90 Å². The molecular weight excluding hydrogens is 352 g/mol. The summed E-state index contributed by atoms with van der Waals surface area (Å²) in [5.74, 6) is -0.766. The van der Waals surface area contributed by atoms with Gasteiger partial charge in [-0.25, -0.2) is 0 Å². The quantitative estimate of drug-likeness (QED) is 0.344. The Labute approximate surface area is 164 Å². The molecule has 2 aromatic carbocycles. The molecule has 1 saturated heterocycles. The number of nitrogens with one attached hydrogen (secondary N) is 1. The zero-order valence-electron chi connectivity index (χ0n) is 15.9. The Morgan fingerprint density at radius 2 is 1.68 bits per heavy atom. The van der Waals surface area contributed by atoms with Crippen LogP contribution in [0.4, 0.5) is 0 Å². The van der Waals surface area contributed by atoms with Crippen molar-refractivity contribution in [2.75, 3.05) is 13.1 Å². The van der Waals surface area contributed by atoms with Gasteiger partial charge in [0, 0.05) is 30.3 Å². The van der Waals surface area contributed by atoms with Crippen LogP contribution in [-0.4, -0.2) is 40.5 Å². The van der Waals surface area contributed by atoms with Crippen LogP contribution in [0.15, 0.2) is 72.0 Å². The molecule has 0 spiro atoms. The summed E-state index contributed by atoms with van der Waals surface area (Å²) in [6.07, 6.45) is 0.543. The minimum absolute atomic E-state index is 0.0356. The highest BCUT2D eigenvalue weighted by Gasteiger charge is 2.31. The molecule has 2 N–H and O–H groups in total. The van der Waals surface area contributed by atoms with E-state index in [1.807, 2.05) is 30.3 Å². The highest BCUT2D eigenvalue weighted by molar-refractivity contribution is 6.20. The van der Waals surface area contributed by atoms with Gasteiger partial charge in [0.1, 0.15) is 5.76 Å². The highest BCUT2D eigenvalue weighted by Crippen LogP contribution is 2.28. The lowest BCUT2D eigenvalue weighted by Gasteiger charge is -2.19. The molecule has 144 valence electrons. The van der Waals surface area contributed by atoms with Crippen LogP contribution in [0.1, 0.15) is 41.6 Å². The van der Waals surface area contributed by atoms with Gasteiger partial charge in [0.15, 0.2) is 5.78 Å². The summed E-state index contributed by atoms with van der Waals surface area (Å²) in [6, 6.07) is 18.6. The second-order valence-corrected chi connectivity index (χ2v) is 7.06. The fraction of sp³-hybridized carbons (Fsp3) is 0.261. The van der Waals surface area contributed by atoms with Crippen molar-refractivity contribution in [3.8, 4) is 0 Å². The van der Waals surface area contributed by atoms with E-state index >= 15 is 0 Å². The van der Waals surface area contributed by atoms with Crippen molar-refractivity contribution < 1.29 is 14.7 Å². The van der Waals surface area contributed by atoms with Crippen LogP contribution < -0.4 is 0 Å². The molecule has 1 fully saturated rings. The van der Waals surface area contributed by atoms with E-state index in [4.69, 9.17) is 5.41 Å². The maximum absolute atomic E-state index is 13.0. The lowest BCUT2D eigenvalue weighted by atomic mass is 9.99. The van der Waals surface area contributed by atoms with Gasteiger partial charge in [-0.3, -0.25) is 9.59 Å². The smallest absolute Gasteiger partial charge is 0.259 e. The minimum Gasteiger partial charge on any atom is -0.511 e. The average molecular weight is 376 g/mol. The molecule has 0 aliphatic carbocycles. The van der Waals surface area contributed by atoms with Gasteiger partial charge in [0.25, 0.3) is 5.91 Å². The number of ketones is 1. The van der Waals surface area contributed by atoms with Crippen LogP contribution in [0.2, 0.25) is 0 Å². The predicted octanol–water partition coefficient (Wildman–Crippen LogP) is 4.13. The Morgan fingerprint density at radius 3 is 2.29 bits per heavy atom. The molecule has 0 radical (unpaired) electrons. The number of likely N-dealkylation sites (tertiary alicyclic amines) is 1. The van der Waals surface area contributed by atoms with E-state index in [0.717, 1.165) is 6.42 Å². The first-order chi connectivity index (χ1) is 13.5. The van der Waals surface area contributed by atoms with Gasteiger partial charge in [-0.1, -0.05) is 60.7 Å². The van der Waals surface area contributed by atoms with E-state index in [2.05, 4.69) is 0 Å². The molecule has 0 aromatic heterocycles. The van der Waals surface area contributed by atoms with Gasteiger partial charge in [-0.05, 0) is 18.9 Å². The van der Waals surface area contributed by atoms with Crippen LogP contribution in [-0.2, 0) is 4.79 Å². The number of benzene rings is 2. The van der Waals surface area contributed by atoms with E-state index in [-0.39, 0.29) is 41.1 Å². The molecule has 28 heavy (non-hydrogen) atoms. The summed E-state index contributed by atoms with van der Waals surface area (Å²) in [5, 5.41) is 18.5. The number of carbonyl (C=O) groups excluding carboxylic acids is 2. The lowest BCUT2D eigenvalue weighted by molar-refractivity contribution is -0.125. The second-order valence-electron chi connectivity index (χ2n) is 7.06. The Morgan fingerprint density at radius 1 is 1.07 bits per heavy atom. The van der Waals surface area contributed by atoms with E-state index < -0.39 is 0 Å². The number of aliphatic hydroxyl groups is 1. The number of amides is 1. The van der Waals surface area contributed by atoms with Crippen molar-refractivity contribution in [2.45, 2.75) is 25.7 Å². The molecule has 5 heteroatoms. The molecule has 1 aliphatic heterocycles. The Bertz CT molecular complexity index is 904. The standard InChI is InChI=1S/C23H24N2O3/c1-16(24)22(21(27)14-20(26)18-10-6-3-7-11-18)23(28)25-13-12-19(15-25)17-8-4-2-5-9-17/h2-11,19,24,27H,12-15H2,1H3/b22-21+,24-16?. The number of allylic oxidation sites excluding steroid dienone is 1. The molecule has 3 rings (SSSR count). The highest BCUT2D eigenvalue weighted by atomic mass is 16.3. The number of hydrogen-bond donors (Lipinski definition) is 2. The van der Waals surface area contributed by atoms with Crippen molar-refractivity contribution >= 4 is 17.4 Å². The second kappa shape index (κ2) is 8.65. The van der Waals surface area contributed by atoms with Crippen LogP contribution in [0.3, 0.4) is 0 Å². The topological polar surface area (TPSA) is 81.5 Å².